The van der Waals surface area contributed by atoms with E-state index in [1.807, 2.05) is 0 Å². The van der Waals surface area contributed by atoms with Crippen LogP contribution in [0.5, 0.6) is 0 Å². The summed E-state index contributed by atoms with van der Waals surface area (Å²) in [6.07, 6.45) is 1.14. The Hall–Kier alpha value is -1.44. The molecule has 0 aromatic carbocycles. The second kappa shape index (κ2) is 4.92. The lowest BCUT2D eigenvalue weighted by atomic mass is 10.2. The first-order valence-electron chi connectivity index (χ1n) is 6.35. The highest BCUT2D eigenvalue weighted by Crippen LogP contribution is 2.30. The quantitative estimate of drug-likeness (QED) is 0.582. The van der Waals surface area contributed by atoms with Crippen molar-refractivity contribution in [1.29, 1.82) is 0 Å². The van der Waals surface area contributed by atoms with E-state index in [1.54, 1.807) is 11.3 Å². The number of nitrogen functional groups attached to an aromatic ring is 1. The van der Waals surface area contributed by atoms with Crippen LogP contribution in [0.2, 0.25) is 0 Å². The lowest BCUT2D eigenvalue weighted by Gasteiger charge is -2.14. The van der Waals surface area contributed by atoms with Crippen molar-refractivity contribution in [2.45, 2.75) is 19.4 Å². The molecule has 0 bridgehead atoms. The van der Waals surface area contributed by atoms with Gasteiger partial charge in [-0.25, -0.2) is 10.8 Å². The number of aryl methyl sites for hydroxylation is 1. The molecule has 3 heterocycles. The first kappa shape index (κ1) is 12.6. The van der Waals surface area contributed by atoms with Crippen LogP contribution in [0.15, 0.2) is 6.07 Å². The van der Waals surface area contributed by atoms with E-state index in [1.165, 1.54) is 4.88 Å². The molecule has 1 fully saturated rings. The molecule has 102 valence electrons. The summed E-state index contributed by atoms with van der Waals surface area (Å²) in [5.74, 6) is 6.78. The van der Waals surface area contributed by atoms with E-state index in [-0.39, 0.29) is 0 Å². The van der Waals surface area contributed by atoms with Gasteiger partial charge in [-0.05, 0) is 33.0 Å². The Bertz CT molecular complexity index is 595. The molecule has 0 aliphatic carbocycles. The molecule has 3 rings (SSSR count). The average molecular weight is 278 g/mol. The maximum absolute atomic E-state index is 5.44. The van der Waals surface area contributed by atoms with E-state index < -0.39 is 0 Å². The zero-order valence-electron chi connectivity index (χ0n) is 11.1. The van der Waals surface area contributed by atoms with Gasteiger partial charge < -0.3 is 10.2 Å². The molecule has 19 heavy (non-hydrogen) atoms. The molecule has 1 unspecified atom stereocenters. The van der Waals surface area contributed by atoms with Crippen molar-refractivity contribution >= 4 is 33.3 Å². The molecule has 6 nitrogen and oxygen atoms in total. The van der Waals surface area contributed by atoms with Crippen molar-refractivity contribution in [3.63, 3.8) is 0 Å². The molecule has 1 saturated heterocycles. The van der Waals surface area contributed by atoms with Crippen LogP contribution in [0.4, 0.5) is 11.8 Å². The second-order valence-electron chi connectivity index (χ2n) is 5.01. The first-order valence-corrected chi connectivity index (χ1v) is 7.17. The lowest BCUT2D eigenvalue weighted by Crippen LogP contribution is -2.24. The minimum atomic E-state index is 0.439. The Kier molecular flexibility index (Phi) is 3.26. The van der Waals surface area contributed by atoms with Gasteiger partial charge in [0.25, 0.3) is 0 Å². The van der Waals surface area contributed by atoms with E-state index in [4.69, 9.17) is 5.84 Å². The average Bonchev–Trinajstić information content (AvgIpc) is 2.94. The molecule has 1 atom stereocenters. The third-order valence-corrected chi connectivity index (χ3v) is 4.32. The van der Waals surface area contributed by atoms with E-state index in [2.05, 4.69) is 45.6 Å². The van der Waals surface area contributed by atoms with Gasteiger partial charge in [-0.15, -0.1) is 11.3 Å². The summed E-state index contributed by atoms with van der Waals surface area (Å²) in [7, 11) is 2.14. The molecule has 0 saturated carbocycles. The predicted molar refractivity (Wildman–Crippen MR) is 79.5 cm³/mol. The fourth-order valence-corrected chi connectivity index (χ4v) is 3.34. The molecule has 7 heteroatoms. The first-order chi connectivity index (χ1) is 9.15. The summed E-state index contributed by atoms with van der Waals surface area (Å²) in [4.78, 5) is 13.3. The van der Waals surface area contributed by atoms with Crippen molar-refractivity contribution in [2.24, 2.45) is 5.84 Å². The Labute approximate surface area is 116 Å². The second-order valence-corrected chi connectivity index (χ2v) is 6.24. The highest BCUT2D eigenvalue weighted by molar-refractivity contribution is 7.18. The van der Waals surface area contributed by atoms with Crippen molar-refractivity contribution in [3.8, 4) is 0 Å². The topological polar surface area (TPSA) is 79.1 Å². The Balaban J connectivity index is 1.96. The monoisotopic (exact) mass is 278 g/mol. The summed E-state index contributed by atoms with van der Waals surface area (Å²) < 4.78 is 0. The number of anilines is 2. The molecule has 1 aliphatic heterocycles. The summed E-state index contributed by atoms with van der Waals surface area (Å²) in [5, 5.41) is 4.60. The van der Waals surface area contributed by atoms with Gasteiger partial charge in [0.1, 0.15) is 10.6 Å². The number of rotatable bonds is 3. The van der Waals surface area contributed by atoms with Crippen LogP contribution in [-0.4, -0.2) is 41.0 Å². The van der Waals surface area contributed by atoms with E-state index in [0.29, 0.717) is 12.0 Å². The SMILES string of the molecule is Cc1cc2c(NC3CCN(C)C3)nc(NN)nc2s1. The number of likely N-dealkylation sites (tertiary alicyclic amines) is 1. The van der Waals surface area contributed by atoms with Gasteiger partial charge in [-0.3, -0.25) is 5.43 Å². The van der Waals surface area contributed by atoms with Gasteiger partial charge in [0.2, 0.25) is 5.95 Å². The lowest BCUT2D eigenvalue weighted by molar-refractivity contribution is 0.414. The number of aromatic nitrogens is 2. The van der Waals surface area contributed by atoms with Crippen LogP contribution in [0, 0.1) is 6.92 Å². The molecular weight excluding hydrogens is 260 g/mol. The molecule has 0 amide bonds. The zero-order chi connectivity index (χ0) is 13.4. The van der Waals surface area contributed by atoms with Crippen molar-refractivity contribution < 1.29 is 0 Å². The molecule has 1 aliphatic rings. The summed E-state index contributed by atoms with van der Waals surface area (Å²) in [5.41, 5.74) is 2.54. The summed E-state index contributed by atoms with van der Waals surface area (Å²) in [6.45, 7) is 4.24. The van der Waals surface area contributed by atoms with Gasteiger partial charge in [0.15, 0.2) is 0 Å². The van der Waals surface area contributed by atoms with Crippen molar-refractivity contribution in [3.05, 3.63) is 10.9 Å². The molecule has 4 N–H and O–H groups in total. The largest absolute Gasteiger partial charge is 0.365 e. The van der Waals surface area contributed by atoms with Crippen LogP contribution in [0.25, 0.3) is 10.2 Å². The smallest absolute Gasteiger partial charge is 0.240 e. The number of fused-ring (bicyclic) bond motifs is 1. The number of likely N-dealkylation sites (N-methyl/N-ethyl adjacent to an activating group) is 1. The van der Waals surface area contributed by atoms with Crippen LogP contribution in [0.3, 0.4) is 0 Å². The molecule has 0 radical (unpaired) electrons. The summed E-state index contributed by atoms with van der Waals surface area (Å²) in [6, 6.07) is 2.57. The van der Waals surface area contributed by atoms with Gasteiger partial charge >= 0.3 is 0 Å². The number of hydrogen-bond donors (Lipinski definition) is 3. The van der Waals surface area contributed by atoms with Gasteiger partial charge in [-0.2, -0.15) is 4.98 Å². The summed E-state index contributed by atoms with van der Waals surface area (Å²) >= 11 is 1.66. The third-order valence-electron chi connectivity index (χ3n) is 3.38. The number of thiophene rings is 1. The fraction of sp³-hybridized carbons (Fsp3) is 0.500. The number of nitrogens with zero attached hydrogens (tertiary/aromatic N) is 3. The van der Waals surface area contributed by atoms with Crippen LogP contribution in [-0.2, 0) is 0 Å². The van der Waals surface area contributed by atoms with Crippen LogP contribution < -0.4 is 16.6 Å². The standard InChI is InChI=1S/C12H18N6S/c1-7-5-9-10(14-8-3-4-18(2)6-8)15-12(17-13)16-11(9)19-7/h5,8H,3-4,6,13H2,1-2H3,(H2,14,15,16,17). The minimum absolute atomic E-state index is 0.439. The predicted octanol–water partition coefficient (Wildman–Crippen LogP) is 1.40. The number of hydrogen-bond acceptors (Lipinski definition) is 7. The van der Waals surface area contributed by atoms with Gasteiger partial charge in [0.05, 0.1) is 5.39 Å². The number of nitrogens with two attached hydrogens (primary N) is 1. The molecular formula is C12H18N6S. The maximum atomic E-state index is 5.44. The Morgan fingerprint density at radius 3 is 3.00 bits per heavy atom. The minimum Gasteiger partial charge on any atom is -0.365 e. The molecule has 2 aromatic heterocycles. The van der Waals surface area contributed by atoms with Gasteiger partial charge in [-0.1, -0.05) is 0 Å². The molecule has 2 aromatic rings. The van der Waals surface area contributed by atoms with E-state index >= 15 is 0 Å². The third kappa shape index (κ3) is 2.49. The molecule has 0 spiro atoms. The van der Waals surface area contributed by atoms with Crippen LogP contribution >= 0.6 is 11.3 Å². The van der Waals surface area contributed by atoms with Crippen LogP contribution in [0.1, 0.15) is 11.3 Å². The fourth-order valence-electron chi connectivity index (χ4n) is 2.46. The number of nitrogens with one attached hydrogen (secondary N) is 2. The maximum Gasteiger partial charge on any atom is 0.240 e. The Morgan fingerprint density at radius 2 is 2.32 bits per heavy atom. The number of hydrazine groups is 1. The Morgan fingerprint density at radius 1 is 1.47 bits per heavy atom. The highest BCUT2D eigenvalue weighted by Gasteiger charge is 2.21. The van der Waals surface area contributed by atoms with Crippen molar-refractivity contribution in [1.82, 2.24) is 14.9 Å². The highest BCUT2D eigenvalue weighted by atomic mass is 32.1. The van der Waals surface area contributed by atoms with E-state index in [9.17, 15) is 0 Å². The van der Waals surface area contributed by atoms with Crippen molar-refractivity contribution in [2.75, 3.05) is 30.9 Å². The van der Waals surface area contributed by atoms with E-state index in [0.717, 1.165) is 35.5 Å². The normalized spacial score (nSPS) is 20.1. The zero-order valence-corrected chi connectivity index (χ0v) is 11.9. The van der Waals surface area contributed by atoms with Gasteiger partial charge in [0, 0.05) is 17.5 Å².